The third-order valence-electron chi connectivity index (χ3n) is 11.1. The van der Waals surface area contributed by atoms with Gasteiger partial charge in [0.05, 0.1) is 38.9 Å². The number of phenols is 1. The summed E-state index contributed by atoms with van der Waals surface area (Å²) in [7, 11) is 0. The van der Waals surface area contributed by atoms with E-state index in [-0.39, 0.29) is 39.6 Å². The first-order valence-electron chi connectivity index (χ1n) is 25.7. The molecule has 0 spiro atoms. The number of rotatable bonds is 7. The van der Waals surface area contributed by atoms with E-state index < -0.39 is 54.7 Å². The van der Waals surface area contributed by atoms with Crippen LogP contribution in [0.1, 0.15) is 73.3 Å². The number of hydrogen-bond acceptors (Lipinski definition) is 3. The van der Waals surface area contributed by atoms with Crippen LogP contribution >= 0.6 is 0 Å². The highest BCUT2D eigenvalue weighted by Gasteiger charge is 2.25. The second-order valence-corrected chi connectivity index (χ2v) is 17.3. The smallest absolute Gasteiger partial charge is 0.149 e. The van der Waals surface area contributed by atoms with E-state index in [2.05, 4.69) is 25.8 Å². The molecule has 0 fully saturated rings. The molecule has 9 aromatic rings. The molecule has 9 rings (SSSR count). The fraction of sp³-hybridized carbons (Fsp3) is 0.158. The minimum absolute atomic E-state index is 0.0319. The van der Waals surface area contributed by atoms with Crippen molar-refractivity contribution in [2.24, 2.45) is 0 Å². The van der Waals surface area contributed by atoms with E-state index in [1.54, 1.807) is 36.4 Å². The Labute approximate surface area is 375 Å². The third-order valence-corrected chi connectivity index (χ3v) is 11.1. The van der Waals surface area contributed by atoms with Gasteiger partial charge in [-0.3, -0.25) is 9.55 Å². The van der Waals surface area contributed by atoms with Gasteiger partial charge in [-0.1, -0.05) is 157 Å². The van der Waals surface area contributed by atoms with E-state index >= 15 is 0 Å². The monoisotopic (exact) mass is 804 g/mol. The van der Waals surface area contributed by atoms with Crippen molar-refractivity contribution in [1.82, 2.24) is 14.5 Å². The molecule has 0 saturated heterocycles. The number of benzene rings is 7. The molecule has 300 valence electrons. The maximum Gasteiger partial charge on any atom is 0.149 e. The normalized spacial score (nSPS) is 14.7. The standard InChI is InChI=1S/C57H51N3O/c1-37-31-52(49(39-19-12-9-13-20-39)36-48(37)40-25-27-44(28-26-40)56(2,3)4)60-51-23-16-22-46(54(51)59-55(60)47-21-14-15-24-53(47)61)42-32-43(34-45(33-42)57(5,6)7)50-35-41(29-30-58-50)38-17-10-8-11-18-38/h8-36,61H,1-7H3/i1D3,8D,10D,11D,17D,18D,29D,30D,35D. The lowest BCUT2D eigenvalue weighted by Crippen LogP contribution is -2.11. The SMILES string of the molecule is [2H]c1nc(-c2cc(-c3cccc4c3nc(-c3ccccc3O)n4-c3cc(C([2H])([2H])[2H])c(-c4ccc(C(C)(C)C)cc4)cc3-c3ccccc3)cc(C(C)(C)C)c2)c([2H])c(-c2c([2H])c([2H])c([2H])c([2H])c2[2H])c1[2H]. The van der Waals surface area contributed by atoms with Gasteiger partial charge in [-0.2, -0.15) is 0 Å². The van der Waals surface area contributed by atoms with Crippen molar-refractivity contribution in [2.45, 2.75) is 59.2 Å². The number of para-hydroxylation sites is 2. The van der Waals surface area contributed by atoms with Gasteiger partial charge in [-0.15, -0.1) is 0 Å². The van der Waals surface area contributed by atoms with Gasteiger partial charge in [-0.25, -0.2) is 4.98 Å². The van der Waals surface area contributed by atoms with Crippen LogP contribution in [0.5, 0.6) is 5.75 Å². The fourth-order valence-electron chi connectivity index (χ4n) is 7.74. The van der Waals surface area contributed by atoms with Gasteiger partial charge in [-0.05, 0) is 122 Å². The molecule has 4 heteroatoms. The first-order valence-corrected chi connectivity index (χ1v) is 20.2. The molecule has 0 aliphatic rings. The molecule has 1 N–H and O–H groups in total. The number of aromatic nitrogens is 3. The molecule has 2 aromatic heterocycles. The number of aryl methyl sites for hydroxylation is 1. The number of imidazole rings is 1. The number of hydrogen-bond donors (Lipinski definition) is 1. The van der Waals surface area contributed by atoms with Gasteiger partial charge < -0.3 is 5.11 Å². The molecule has 0 amide bonds. The average molecular weight is 805 g/mol. The summed E-state index contributed by atoms with van der Waals surface area (Å²) in [4.78, 5) is 9.77. The van der Waals surface area contributed by atoms with E-state index in [0.717, 1.165) is 22.3 Å². The van der Waals surface area contributed by atoms with E-state index in [1.165, 1.54) is 0 Å². The lowest BCUT2D eigenvalue weighted by atomic mass is 9.83. The summed E-state index contributed by atoms with van der Waals surface area (Å²) in [6.07, 6.45) is -0.544. The van der Waals surface area contributed by atoms with E-state index in [1.807, 2.05) is 116 Å². The summed E-state index contributed by atoms with van der Waals surface area (Å²) in [6, 6.07) is 35.4. The molecular formula is C57H51N3O. The minimum atomic E-state index is -2.56. The first-order chi connectivity index (χ1) is 33.9. The lowest BCUT2D eigenvalue weighted by molar-refractivity contribution is 0.477. The Kier molecular flexibility index (Phi) is 7.24. The zero-order valence-corrected chi connectivity index (χ0v) is 34.9. The Morgan fingerprint density at radius 1 is 0.557 bits per heavy atom. The molecule has 0 atom stereocenters. The van der Waals surface area contributed by atoms with Crippen molar-refractivity contribution >= 4 is 11.0 Å². The minimum Gasteiger partial charge on any atom is -0.507 e. The highest BCUT2D eigenvalue weighted by Crippen LogP contribution is 2.43. The zero-order chi connectivity index (χ0) is 51.9. The van der Waals surface area contributed by atoms with Gasteiger partial charge in [0.1, 0.15) is 11.6 Å². The van der Waals surface area contributed by atoms with E-state index in [9.17, 15) is 6.48 Å². The number of fused-ring (bicyclic) bond motifs is 1. The van der Waals surface area contributed by atoms with Crippen LogP contribution in [0.25, 0.3) is 83.9 Å². The second-order valence-electron chi connectivity index (χ2n) is 17.3. The zero-order valence-electron chi connectivity index (χ0n) is 45.9. The molecule has 0 aliphatic carbocycles. The molecule has 0 bridgehead atoms. The lowest BCUT2D eigenvalue weighted by Gasteiger charge is -2.22. The largest absolute Gasteiger partial charge is 0.507 e. The Morgan fingerprint density at radius 3 is 1.97 bits per heavy atom. The van der Waals surface area contributed by atoms with Gasteiger partial charge >= 0.3 is 0 Å². The van der Waals surface area contributed by atoms with Gasteiger partial charge in [0.15, 0.2) is 0 Å². The van der Waals surface area contributed by atoms with Gasteiger partial charge in [0.2, 0.25) is 0 Å². The molecule has 0 unspecified atom stereocenters. The highest BCUT2D eigenvalue weighted by molar-refractivity contribution is 5.98. The van der Waals surface area contributed by atoms with E-state index in [0.29, 0.717) is 55.9 Å². The number of phenolic OH excluding ortho intramolecular Hbond substituents is 1. The molecule has 2 heterocycles. The van der Waals surface area contributed by atoms with Crippen molar-refractivity contribution in [3.05, 3.63) is 193 Å². The number of aromatic hydroxyl groups is 1. The maximum atomic E-state index is 11.6. The van der Waals surface area contributed by atoms with Crippen LogP contribution in [-0.4, -0.2) is 19.6 Å². The Balaban J connectivity index is 1.35. The topological polar surface area (TPSA) is 50.9 Å². The second kappa shape index (κ2) is 15.5. The summed E-state index contributed by atoms with van der Waals surface area (Å²) >= 11 is 0. The Morgan fingerprint density at radius 2 is 1.25 bits per heavy atom. The third kappa shape index (κ3) is 7.66. The highest BCUT2D eigenvalue weighted by atomic mass is 16.3. The first kappa shape index (κ1) is 28.4. The van der Waals surface area contributed by atoms with Crippen molar-refractivity contribution in [3.8, 4) is 78.6 Å². The summed E-state index contributed by atoms with van der Waals surface area (Å²) in [5.74, 6) is 0.287. The van der Waals surface area contributed by atoms with Crippen LogP contribution < -0.4 is 0 Å². The summed E-state index contributed by atoms with van der Waals surface area (Å²) in [5.41, 5.74) is 7.13. The number of pyridine rings is 1. The molecular weight excluding hydrogens is 743 g/mol. The predicted octanol–water partition coefficient (Wildman–Crippen LogP) is 15.0. The summed E-state index contributed by atoms with van der Waals surface area (Å²) in [6.45, 7) is 9.89. The van der Waals surface area contributed by atoms with Crippen LogP contribution in [0.15, 0.2) is 176 Å². The van der Waals surface area contributed by atoms with Crippen LogP contribution in [0.4, 0.5) is 0 Å². The van der Waals surface area contributed by atoms with Crippen LogP contribution in [0, 0.1) is 6.85 Å². The van der Waals surface area contributed by atoms with Crippen LogP contribution in [-0.2, 0) is 10.8 Å². The summed E-state index contributed by atoms with van der Waals surface area (Å²) in [5, 5.41) is 11.6. The molecule has 0 aliphatic heterocycles. The maximum absolute atomic E-state index is 11.6. The van der Waals surface area contributed by atoms with Crippen molar-refractivity contribution < 1.29 is 20.2 Å². The molecule has 7 aromatic carbocycles. The predicted molar refractivity (Wildman–Crippen MR) is 255 cm³/mol. The van der Waals surface area contributed by atoms with Crippen LogP contribution in [0.2, 0.25) is 0 Å². The molecule has 0 radical (unpaired) electrons. The Hall–Kier alpha value is -7.04. The fourth-order valence-corrected chi connectivity index (χ4v) is 7.74. The average Bonchev–Trinajstić information content (AvgIpc) is 3.73. The van der Waals surface area contributed by atoms with Crippen LogP contribution in [0.3, 0.4) is 0 Å². The Bertz CT molecular complexity index is 3600. The number of nitrogens with zero attached hydrogens (tertiary/aromatic N) is 3. The van der Waals surface area contributed by atoms with Crippen molar-refractivity contribution in [1.29, 1.82) is 0 Å². The van der Waals surface area contributed by atoms with Gasteiger partial charge in [0.25, 0.3) is 0 Å². The molecule has 4 nitrogen and oxygen atoms in total. The van der Waals surface area contributed by atoms with Crippen molar-refractivity contribution in [2.75, 3.05) is 0 Å². The molecule has 0 saturated carbocycles. The summed E-state index contributed by atoms with van der Waals surface area (Å²) < 4.78 is 98.2. The van der Waals surface area contributed by atoms with E-state index in [4.69, 9.17) is 18.7 Å². The van der Waals surface area contributed by atoms with Gasteiger partial charge in [0, 0.05) is 27.0 Å². The quantitative estimate of drug-likeness (QED) is 0.175. The van der Waals surface area contributed by atoms with Crippen molar-refractivity contribution in [3.63, 3.8) is 0 Å². The molecule has 61 heavy (non-hydrogen) atoms.